The number of halogens is 1. The van der Waals surface area contributed by atoms with E-state index in [1.165, 1.54) is 5.56 Å². The molecule has 1 amide bonds. The molecule has 1 aromatic heterocycles. The number of aryl methyl sites for hydroxylation is 3. The molecule has 0 aliphatic heterocycles. The molecule has 4 rings (SSSR count). The minimum Gasteiger partial charge on any atom is -0.489 e. The lowest BCUT2D eigenvalue weighted by molar-refractivity contribution is 0.102. The molecule has 6 heteroatoms. The van der Waals surface area contributed by atoms with Crippen LogP contribution in [0.5, 0.6) is 5.75 Å². The molecule has 3 aromatic carbocycles. The van der Waals surface area contributed by atoms with Gasteiger partial charge in [0.05, 0.1) is 11.0 Å². The van der Waals surface area contributed by atoms with Gasteiger partial charge in [-0.15, -0.1) is 0 Å². The number of aromatic nitrogens is 2. The van der Waals surface area contributed by atoms with Crippen molar-refractivity contribution in [1.82, 2.24) is 9.78 Å². The SMILES string of the molecule is Cc1ccc(Cn2cc(Br)c(NC(=O)c3cccc(COc4cc(C)ccc4C)c3)n2)cc1. The van der Waals surface area contributed by atoms with Gasteiger partial charge < -0.3 is 10.1 Å². The highest BCUT2D eigenvalue weighted by Gasteiger charge is 2.13. The number of rotatable bonds is 7. The van der Waals surface area contributed by atoms with Gasteiger partial charge in [0.1, 0.15) is 12.4 Å². The van der Waals surface area contributed by atoms with Crippen LogP contribution < -0.4 is 10.1 Å². The molecule has 4 aromatic rings. The molecule has 168 valence electrons. The normalized spacial score (nSPS) is 10.8. The van der Waals surface area contributed by atoms with Gasteiger partial charge in [-0.1, -0.05) is 54.1 Å². The third kappa shape index (κ3) is 5.90. The summed E-state index contributed by atoms with van der Waals surface area (Å²) < 4.78 is 8.53. The molecule has 0 bridgehead atoms. The maximum Gasteiger partial charge on any atom is 0.256 e. The van der Waals surface area contributed by atoms with Gasteiger partial charge in [-0.2, -0.15) is 5.10 Å². The van der Waals surface area contributed by atoms with Gasteiger partial charge in [-0.25, -0.2) is 0 Å². The van der Waals surface area contributed by atoms with Crippen LogP contribution in [0.25, 0.3) is 0 Å². The predicted molar refractivity (Wildman–Crippen MR) is 135 cm³/mol. The number of hydrogen-bond donors (Lipinski definition) is 1. The molecule has 0 unspecified atom stereocenters. The largest absolute Gasteiger partial charge is 0.489 e. The minimum atomic E-state index is -0.218. The standard InChI is InChI=1S/C27H26BrN3O2/c1-18-8-11-21(12-9-18)15-31-16-24(28)26(30-31)29-27(32)23-6-4-5-22(14-23)17-33-25-13-19(2)7-10-20(25)3/h4-14,16H,15,17H2,1-3H3,(H,29,30,32). The third-order valence-electron chi connectivity index (χ3n) is 5.34. The van der Waals surface area contributed by atoms with Gasteiger partial charge in [-0.3, -0.25) is 9.48 Å². The summed E-state index contributed by atoms with van der Waals surface area (Å²) in [6, 6.07) is 21.9. The first-order valence-corrected chi connectivity index (χ1v) is 11.6. The lowest BCUT2D eigenvalue weighted by Crippen LogP contribution is -2.13. The zero-order valence-electron chi connectivity index (χ0n) is 18.9. The van der Waals surface area contributed by atoms with Crippen LogP contribution >= 0.6 is 15.9 Å². The molecule has 0 saturated carbocycles. The molecule has 0 atom stereocenters. The second-order valence-electron chi connectivity index (χ2n) is 8.22. The van der Waals surface area contributed by atoms with Gasteiger partial charge in [0.2, 0.25) is 0 Å². The first-order chi connectivity index (χ1) is 15.9. The Hall–Kier alpha value is -3.38. The van der Waals surface area contributed by atoms with Crippen molar-refractivity contribution < 1.29 is 9.53 Å². The molecular weight excluding hydrogens is 478 g/mol. The van der Waals surface area contributed by atoms with Crippen LogP contribution in [0.1, 0.15) is 38.2 Å². The van der Waals surface area contributed by atoms with E-state index in [2.05, 4.69) is 63.6 Å². The molecule has 0 aliphatic rings. The van der Waals surface area contributed by atoms with Crippen molar-refractivity contribution in [2.24, 2.45) is 0 Å². The Morgan fingerprint density at radius 1 is 0.970 bits per heavy atom. The van der Waals surface area contributed by atoms with E-state index >= 15 is 0 Å². The van der Waals surface area contributed by atoms with E-state index < -0.39 is 0 Å². The molecule has 1 N–H and O–H groups in total. The zero-order chi connectivity index (χ0) is 23.4. The van der Waals surface area contributed by atoms with E-state index in [1.54, 1.807) is 10.7 Å². The monoisotopic (exact) mass is 503 g/mol. The smallest absolute Gasteiger partial charge is 0.256 e. The summed E-state index contributed by atoms with van der Waals surface area (Å²) in [6.45, 7) is 7.14. The van der Waals surface area contributed by atoms with Gasteiger partial charge >= 0.3 is 0 Å². The summed E-state index contributed by atoms with van der Waals surface area (Å²) in [7, 11) is 0. The van der Waals surface area contributed by atoms with Crippen LogP contribution in [0, 0.1) is 20.8 Å². The molecule has 0 spiro atoms. The molecule has 5 nitrogen and oxygen atoms in total. The fraction of sp³-hybridized carbons (Fsp3) is 0.185. The van der Waals surface area contributed by atoms with E-state index in [1.807, 2.05) is 50.4 Å². The van der Waals surface area contributed by atoms with Crippen LogP contribution in [-0.4, -0.2) is 15.7 Å². The number of carbonyl (C=O) groups excluding carboxylic acids is 1. The second kappa shape index (κ2) is 10.0. The summed E-state index contributed by atoms with van der Waals surface area (Å²) >= 11 is 3.50. The van der Waals surface area contributed by atoms with Crippen LogP contribution in [0.4, 0.5) is 5.82 Å². The maximum absolute atomic E-state index is 12.9. The van der Waals surface area contributed by atoms with Gasteiger partial charge in [0, 0.05) is 11.8 Å². The molecule has 0 fully saturated rings. The number of hydrogen-bond acceptors (Lipinski definition) is 3. The lowest BCUT2D eigenvalue weighted by atomic mass is 10.1. The number of anilines is 1. The maximum atomic E-state index is 12.9. The molecular formula is C27H26BrN3O2. The topological polar surface area (TPSA) is 56.2 Å². The van der Waals surface area contributed by atoms with E-state index in [9.17, 15) is 4.79 Å². The molecule has 33 heavy (non-hydrogen) atoms. The van der Waals surface area contributed by atoms with Crippen molar-refractivity contribution in [1.29, 1.82) is 0 Å². The molecule has 0 aliphatic carbocycles. The lowest BCUT2D eigenvalue weighted by Gasteiger charge is -2.11. The Bertz CT molecular complexity index is 1280. The van der Waals surface area contributed by atoms with E-state index in [0.717, 1.165) is 32.5 Å². The minimum absolute atomic E-state index is 0.218. The van der Waals surface area contributed by atoms with Crippen molar-refractivity contribution in [3.8, 4) is 5.75 Å². The average molecular weight is 504 g/mol. The van der Waals surface area contributed by atoms with Crippen molar-refractivity contribution in [2.75, 3.05) is 5.32 Å². The average Bonchev–Trinajstić information content (AvgIpc) is 3.14. The Morgan fingerprint density at radius 2 is 1.73 bits per heavy atom. The fourth-order valence-corrected chi connectivity index (χ4v) is 3.86. The number of amides is 1. The molecule has 0 radical (unpaired) electrons. The highest BCUT2D eigenvalue weighted by molar-refractivity contribution is 9.10. The van der Waals surface area contributed by atoms with E-state index in [4.69, 9.17) is 4.74 Å². The number of nitrogens with one attached hydrogen (secondary N) is 1. The van der Waals surface area contributed by atoms with E-state index in [-0.39, 0.29) is 5.91 Å². The van der Waals surface area contributed by atoms with Crippen molar-refractivity contribution in [2.45, 2.75) is 33.9 Å². The summed E-state index contributed by atoms with van der Waals surface area (Å²) in [5, 5.41) is 7.42. The Labute approximate surface area is 202 Å². The van der Waals surface area contributed by atoms with Crippen molar-refractivity contribution >= 4 is 27.7 Å². The van der Waals surface area contributed by atoms with Crippen LogP contribution in [-0.2, 0) is 13.2 Å². The predicted octanol–water partition coefficient (Wildman–Crippen LogP) is 6.45. The number of nitrogens with zero attached hydrogens (tertiary/aromatic N) is 2. The van der Waals surface area contributed by atoms with Gasteiger partial charge in [0.15, 0.2) is 5.82 Å². The van der Waals surface area contributed by atoms with Crippen LogP contribution in [0.2, 0.25) is 0 Å². The summed E-state index contributed by atoms with van der Waals surface area (Å²) in [5.41, 5.74) is 6.07. The first kappa shape index (κ1) is 22.8. The fourth-order valence-electron chi connectivity index (χ4n) is 3.45. The Morgan fingerprint density at radius 3 is 2.52 bits per heavy atom. The second-order valence-corrected chi connectivity index (χ2v) is 9.08. The van der Waals surface area contributed by atoms with Crippen molar-refractivity contribution in [3.05, 3.63) is 111 Å². The highest BCUT2D eigenvalue weighted by Crippen LogP contribution is 2.23. The zero-order valence-corrected chi connectivity index (χ0v) is 20.5. The number of benzene rings is 3. The summed E-state index contributed by atoms with van der Waals surface area (Å²) in [4.78, 5) is 12.9. The highest BCUT2D eigenvalue weighted by atomic mass is 79.9. The van der Waals surface area contributed by atoms with Gasteiger partial charge in [0.25, 0.3) is 5.91 Å². The number of ether oxygens (including phenoxy) is 1. The van der Waals surface area contributed by atoms with Gasteiger partial charge in [-0.05, 0) is 77.2 Å². The first-order valence-electron chi connectivity index (χ1n) is 10.8. The van der Waals surface area contributed by atoms with Crippen LogP contribution in [0.15, 0.2) is 77.4 Å². The summed E-state index contributed by atoms with van der Waals surface area (Å²) in [5.74, 6) is 1.13. The molecule has 0 saturated heterocycles. The molecule has 1 heterocycles. The Kier molecular flexibility index (Phi) is 6.94. The Balaban J connectivity index is 1.42. The van der Waals surface area contributed by atoms with Crippen molar-refractivity contribution in [3.63, 3.8) is 0 Å². The summed E-state index contributed by atoms with van der Waals surface area (Å²) in [6.07, 6.45) is 1.86. The number of carbonyl (C=O) groups is 1. The van der Waals surface area contributed by atoms with Crippen LogP contribution in [0.3, 0.4) is 0 Å². The van der Waals surface area contributed by atoms with E-state index in [0.29, 0.717) is 24.5 Å². The quantitative estimate of drug-likeness (QED) is 0.315. The third-order valence-corrected chi connectivity index (χ3v) is 5.92.